The van der Waals surface area contributed by atoms with Crippen molar-refractivity contribution in [1.29, 1.82) is 0 Å². The number of aryl methyl sites for hydroxylation is 1. The van der Waals surface area contributed by atoms with E-state index >= 15 is 0 Å². The molecular weight excluding hydrogens is 290 g/mol. The molecule has 1 aromatic carbocycles. The molecule has 0 bridgehead atoms. The van der Waals surface area contributed by atoms with Crippen LogP contribution in [0.2, 0.25) is 0 Å². The van der Waals surface area contributed by atoms with E-state index in [0.29, 0.717) is 13.1 Å². The van der Waals surface area contributed by atoms with Gasteiger partial charge in [0.25, 0.3) is 0 Å². The number of piperidine rings is 1. The summed E-state index contributed by atoms with van der Waals surface area (Å²) in [5, 5.41) is 9.09. The van der Waals surface area contributed by atoms with Gasteiger partial charge in [0.15, 0.2) is 0 Å². The molecule has 1 unspecified atom stereocenters. The lowest BCUT2D eigenvalue weighted by Crippen LogP contribution is -2.40. The minimum Gasteiger partial charge on any atom is -0.387 e. The van der Waals surface area contributed by atoms with Crippen molar-refractivity contribution in [2.24, 2.45) is 0 Å². The Morgan fingerprint density at radius 2 is 2.17 bits per heavy atom. The maximum atomic E-state index is 11.8. The lowest BCUT2D eigenvalue weighted by molar-refractivity contribution is -0.135. The highest BCUT2D eigenvalue weighted by Crippen LogP contribution is 2.31. The monoisotopic (exact) mass is 311 g/mol. The third-order valence-electron chi connectivity index (χ3n) is 4.31. The fourth-order valence-electron chi connectivity index (χ4n) is 3.19. The van der Waals surface area contributed by atoms with Gasteiger partial charge in [-0.15, -0.1) is 0 Å². The van der Waals surface area contributed by atoms with Crippen LogP contribution in [0, 0.1) is 6.92 Å². The van der Waals surface area contributed by atoms with Crippen LogP contribution in [0.4, 0.5) is 0 Å². The minimum atomic E-state index is -0.433. The molecule has 23 heavy (non-hydrogen) atoms. The van der Waals surface area contributed by atoms with Crippen molar-refractivity contribution in [3.8, 4) is 11.3 Å². The smallest absolute Gasteiger partial charge is 0.248 e. The number of rotatable bonds is 3. The van der Waals surface area contributed by atoms with E-state index in [2.05, 4.69) is 29.0 Å². The number of nitrogens with zero attached hydrogens (tertiary/aromatic N) is 3. The molecule has 0 aliphatic carbocycles. The van der Waals surface area contributed by atoms with Crippen molar-refractivity contribution < 1.29 is 9.90 Å². The number of likely N-dealkylation sites (tertiary alicyclic amines) is 1. The van der Waals surface area contributed by atoms with Crippen LogP contribution >= 0.6 is 0 Å². The standard InChI is InChI=1S/C18H21N3O2/c1-13-4-2-5-14(10-13)17-18(20-8-7-19-17)15-6-3-9-21(11-15)16(23)12-22/h2,4-5,7-8,10,15,22H,3,6,9,11-12H2,1H3. The molecule has 1 amide bonds. The summed E-state index contributed by atoms with van der Waals surface area (Å²) in [6.45, 7) is 2.92. The van der Waals surface area contributed by atoms with Crippen molar-refractivity contribution in [1.82, 2.24) is 14.9 Å². The highest BCUT2D eigenvalue weighted by atomic mass is 16.3. The Balaban J connectivity index is 1.93. The summed E-state index contributed by atoms with van der Waals surface area (Å²) >= 11 is 0. The van der Waals surface area contributed by atoms with Crippen LogP contribution in [-0.4, -0.2) is 45.6 Å². The fraction of sp³-hybridized carbons (Fsp3) is 0.389. The van der Waals surface area contributed by atoms with E-state index in [9.17, 15) is 4.79 Å². The molecule has 1 aliphatic rings. The summed E-state index contributed by atoms with van der Waals surface area (Å²) < 4.78 is 0. The second-order valence-corrected chi connectivity index (χ2v) is 6.00. The molecule has 1 fully saturated rings. The number of hydrogen-bond acceptors (Lipinski definition) is 4. The Kier molecular flexibility index (Phi) is 4.67. The van der Waals surface area contributed by atoms with E-state index in [-0.39, 0.29) is 11.8 Å². The van der Waals surface area contributed by atoms with E-state index in [0.717, 1.165) is 29.8 Å². The summed E-state index contributed by atoms with van der Waals surface area (Å²) in [5.41, 5.74) is 4.06. The summed E-state index contributed by atoms with van der Waals surface area (Å²) in [7, 11) is 0. The van der Waals surface area contributed by atoms with E-state index in [1.54, 1.807) is 17.3 Å². The summed E-state index contributed by atoms with van der Waals surface area (Å²) in [5.74, 6) is -0.0563. The first-order valence-corrected chi connectivity index (χ1v) is 7.95. The average Bonchev–Trinajstić information content (AvgIpc) is 2.61. The second kappa shape index (κ2) is 6.87. The van der Waals surface area contributed by atoms with Crippen LogP contribution < -0.4 is 0 Å². The van der Waals surface area contributed by atoms with Crippen LogP contribution in [0.25, 0.3) is 11.3 Å². The zero-order chi connectivity index (χ0) is 16.2. The normalized spacial score (nSPS) is 18.0. The summed E-state index contributed by atoms with van der Waals surface area (Å²) in [4.78, 5) is 22.6. The number of amides is 1. The summed E-state index contributed by atoms with van der Waals surface area (Å²) in [6, 6.07) is 8.22. The van der Waals surface area contributed by atoms with E-state index < -0.39 is 6.61 Å². The molecule has 2 heterocycles. The van der Waals surface area contributed by atoms with Crippen molar-refractivity contribution >= 4 is 5.91 Å². The number of carbonyl (C=O) groups is 1. The SMILES string of the molecule is Cc1cccc(-c2nccnc2C2CCCN(C(=O)CO)C2)c1. The van der Waals surface area contributed by atoms with Gasteiger partial charge in [-0.25, -0.2) is 0 Å². The Morgan fingerprint density at radius 1 is 1.35 bits per heavy atom. The lowest BCUT2D eigenvalue weighted by atomic mass is 9.91. The van der Waals surface area contributed by atoms with Crippen LogP contribution in [0.3, 0.4) is 0 Å². The Hall–Kier alpha value is -2.27. The van der Waals surface area contributed by atoms with Gasteiger partial charge in [0, 0.05) is 37.0 Å². The van der Waals surface area contributed by atoms with Gasteiger partial charge in [0.2, 0.25) is 5.91 Å². The Bertz CT molecular complexity index is 702. The van der Waals surface area contributed by atoms with Gasteiger partial charge in [0.05, 0.1) is 11.4 Å². The van der Waals surface area contributed by atoms with Crippen LogP contribution in [0.5, 0.6) is 0 Å². The van der Waals surface area contributed by atoms with E-state index in [1.807, 2.05) is 12.1 Å². The average molecular weight is 311 g/mol. The zero-order valence-corrected chi connectivity index (χ0v) is 13.3. The quantitative estimate of drug-likeness (QED) is 0.943. The van der Waals surface area contributed by atoms with E-state index in [1.165, 1.54) is 5.56 Å². The zero-order valence-electron chi connectivity index (χ0n) is 13.3. The first-order valence-electron chi connectivity index (χ1n) is 7.95. The van der Waals surface area contributed by atoms with Gasteiger partial charge in [-0.05, 0) is 25.8 Å². The number of aliphatic hydroxyl groups is 1. The molecule has 2 aromatic rings. The van der Waals surface area contributed by atoms with Gasteiger partial charge < -0.3 is 10.0 Å². The number of hydrogen-bond donors (Lipinski definition) is 1. The van der Waals surface area contributed by atoms with Crippen molar-refractivity contribution in [3.05, 3.63) is 47.9 Å². The van der Waals surface area contributed by atoms with Crippen LogP contribution in [0.1, 0.15) is 30.0 Å². The fourth-order valence-corrected chi connectivity index (χ4v) is 3.19. The molecule has 1 aromatic heterocycles. The molecule has 1 saturated heterocycles. The van der Waals surface area contributed by atoms with Gasteiger partial charge in [-0.2, -0.15) is 0 Å². The number of benzene rings is 1. The van der Waals surface area contributed by atoms with Gasteiger partial charge in [-0.3, -0.25) is 14.8 Å². The highest BCUT2D eigenvalue weighted by Gasteiger charge is 2.27. The first kappa shape index (κ1) is 15.6. The molecule has 0 spiro atoms. The van der Waals surface area contributed by atoms with Gasteiger partial charge in [-0.1, -0.05) is 23.8 Å². The predicted molar refractivity (Wildman–Crippen MR) is 87.8 cm³/mol. The van der Waals surface area contributed by atoms with Crippen molar-refractivity contribution in [2.75, 3.05) is 19.7 Å². The lowest BCUT2D eigenvalue weighted by Gasteiger charge is -2.32. The molecule has 0 radical (unpaired) electrons. The second-order valence-electron chi connectivity index (χ2n) is 6.00. The summed E-state index contributed by atoms with van der Waals surface area (Å²) in [6.07, 6.45) is 5.31. The van der Waals surface area contributed by atoms with Crippen LogP contribution in [0.15, 0.2) is 36.7 Å². The molecule has 1 N–H and O–H groups in total. The maximum Gasteiger partial charge on any atom is 0.248 e. The van der Waals surface area contributed by atoms with Gasteiger partial charge in [0.1, 0.15) is 6.61 Å². The molecule has 3 rings (SSSR count). The Morgan fingerprint density at radius 3 is 2.96 bits per heavy atom. The number of aliphatic hydroxyl groups excluding tert-OH is 1. The minimum absolute atomic E-state index is 0.156. The van der Waals surface area contributed by atoms with Crippen LogP contribution in [-0.2, 0) is 4.79 Å². The molecule has 1 atom stereocenters. The molecule has 5 heteroatoms. The largest absolute Gasteiger partial charge is 0.387 e. The van der Waals surface area contributed by atoms with Crippen molar-refractivity contribution in [2.45, 2.75) is 25.7 Å². The number of carbonyl (C=O) groups excluding carboxylic acids is 1. The first-order chi connectivity index (χ1) is 11.2. The number of aromatic nitrogens is 2. The predicted octanol–water partition coefficient (Wildman–Crippen LogP) is 2.15. The molecule has 5 nitrogen and oxygen atoms in total. The third-order valence-corrected chi connectivity index (χ3v) is 4.31. The maximum absolute atomic E-state index is 11.8. The van der Waals surface area contributed by atoms with Crippen molar-refractivity contribution in [3.63, 3.8) is 0 Å². The highest BCUT2D eigenvalue weighted by molar-refractivity contribution is 5.77. The molecular formula is C18H21N3O2. The molecule has 0 saturated carbocycles. The molecule has 1 aliphatic heterocycles. The van der Waals surface area contributed by atoms with Gasteiger partial charge >= 0.3 is 0 Å². The Labute approximate surface area is 136 Å². The molecule has 120 valence electrons. The van der Waals surface area contributed by atoms with E-state index in [4.69, 9.17) is 5.11 Å². The topological polar surface area (TPSA) is 66.3 Å². The third kappa shape index (κ3) is 3.40.